The number of unbranched alkanes of at least 4 members (excludes halogenated alkanes) is 1. The monoisotopic (exact) mass is 274 g/mol. The van der Waals surface area contributed by atoms with Crippen LogP contribution in [0.15, 0.2) is 24.3 Å². The van der Waals surface area contributed by atoms with Crippen LogP contribution in [0.2, 0.25) is 0 Å². The van der Waals surface area contributed by atoms with Gasteiger partial charge >= 0.3 is 0 Å². The number of hydrogen-bond donors (Lipinski definition) is 0. The molecule has 0 heterocycles. The maximum atomic E-state index is 5.74. The summed E-state index contributed by atoms with van der Waals surface area (Å²) in [5.41, 5.74) is 1.51. The van der Waals surface area contributed by atoms with Gasteiger partial charge in [0.1, 0.15) is 5.75 Å². The van der Waals surface area contributed by atoms with Crippen LogP contribution in [0.4, 0.5) is 0 Å². The zero-order valence-corrected chi connectivity index (χ0v) is 13.4. The summed E-state index contributed by atoms with van der Waals surface area (Å²) in [7, 11) is 0. The van der Waals surface area contributed by atoms with E-state index in [2.05, 4.69) is 45.0 Å². The van der Waals surface area contributed by atoms with Gasteiger partial charge < -0.3 is 4.74 Å². The van der Waals surface area contributed by atoms with E-state index < -0.39 is 0 Å². The van der Waals surface area contributed by atoms with Crippen molar-refractivity contribution in [1.29, 1.82) is 0 Å². The minimum Gasteiger partial charge on any atom is -0.494 e. The van der Waals surface area contributed by atoms with Crippen LogP contribution in [-0.4, -0.2) is 6.61 Å². The van der Waals surface area contributed by atoms with Crippen LogP contribution in [0.25, 0.3) is 0 Å². The van der Waals surface area contributed by atoms with Gasteiger partial charge in [0.2, 0.25) is 0 Å². The Kier molecular flexibility index (Phi) is 5.94. The second-order valence-corrected chi connectivity index (χ2v) is 6.63. The van der Waals surface area contributed by atoms with Gasteiger partial charge in [0.05, 0.1) is 6.61 Å². The molecule has 0 unspecified atom stereocenters. The Morgan fingerprint density at radius 3 is 2.25 bits per heavy atom. The van der Waals surface area contributed by atoms with Crippen LogP contribution in [0.5, 0.6) is 5.75 Å². The number of ether oxygens (including phenoxy) is 1. The molecular formula is C19H30O. The lowest BCUT2D eigenvalue weighted by Gasteiger charge is -2.31. The Balaban J connectivity index is 1.84. The Bertz CT molecular complexity index is 371. The van der Waals surface area contributed by atoms with Crippen LogP contribution in [0.1, 0.15) is 70.8 Å². The molecule has 1 fully saturated rings. The van der Waals surface area contributed by atoms with Gasteiger partial charge in [0, 0.05) is 0 Å². The lowest BCUT2D eigenvalue weighted by molar-refractivity contribution is 0.258. The lowest BCUT2D eigenvalue weighted by atomic mass is 9.75. The summed E-state index contributed by atoms with van der Waals surface area (Å²) >= 11 is 0. The van der Waals surface area contributed by atoms with Gasteiger partial charge in [-0.15, -0.1) is 0 Å². The van der Waals surface area contributed by atoms with E-state index in [0.717, 1.165) is 36.5 Å². The van der Waals surface area contributed by atoms with Gasteiger partial charge in [0.15, 0.2) is 0 Å². The molecule has 1 aromatic carbocycles. The smallest absolute Gasteiger partial charge is 0.119 e. The van der Waals surface area contributed by atoms with Crippen molar-refractivity contribution in [2.24, 2.45) is 11.8 Å². The number of benzene rings is 1. The minimum atomic E-state index is 0.773. The Hall–Kier alpha value is -0.980. The molecule has 0 radical (unpaired) electrons. The van der Waals surface area contributed by atoms with Gasteiger partial charge in [-0.2, -0.15) is 0 Å². The van der Waals surface area contributed by atoms with E-state index >= 15 is 0 Å². The number of hydrogen-bond acceptors (Lipinski definition) is 1. The standard InChI is InChI=1S/C19H30O/c1-4-5-14-20-19-12-10-18(11-13-19)17-8-6-16(7-9-17)15(2)3/h10-13,15-17H,4-9,14H2,1-3H3. The molecule has 1 aliphatic rings. The molecule has 1 aromatic rings. The third-order valence-electron chi connectivity index (χ3n) is 4.83. The van der Waals surface area contributed by atoms with E-state index in [1.54, 1.807) is 0 Å². The zero-order chi connectivity index (χ0) is 14.4. The highest BCUT2D eigenvalue weighted by molar-refractivity contribution is 5.29. The van der Waals surface area contributed by atoms with E-state index in [1.807, 2.05) is 0 Å². The molecule has 1 aliphatic carbocycles. The molecule has 1 heteroatoms. The van der Waals surface area contributed by atoms with Crippen molar-refractivity contribution in [3.05, 3.63) is 29.8 Å². The molecule has 112 valence electrons. The fraction of sp³-hybridized carbons (Fsp3) is 0.684. The van der Waals surface area contributed by atoms with E-state index in [9.17, 15) is 0 Å². The summed E-state index contributed by atoms with van der Waals surface area (Å²) in [6.45, 7) is 7.77. The molecule has 0 amide bonds. The van der Waals surface area contributed by atoms with Gasteiger partial charge in [-0.3, -0.25) is 0 Å². The molecule has 0 saturated heterocycles. The van der Waals surface area contributed by atoms with Crippen LogP contribution in [-0.2, 0) is 0 Å². The van der Waals surface area contributed by atoms with Crippen LogP contribution in [0.3, 0.4) is 0 Å². The third-order valence-corrected chi connectivity index (χ3v) is 4.83. The predicted molar refractivity (Wildman–Crippen MR) is 86.4 cm³/mol. The molecule has 20 heavy (non-hydrogen) atoms. The van der Waals surface area contributed by atoms with Crippen molar-refractivity contribution in [3.8, 4) is 5.75 Å². The molecule has 1 nitrogen and oxygen atoms in total. The summed E-state index contributed by atoms with van der Waals surface area (Å²) in [4.78, 5) is 0. The first-order valence-corrected chi connectivity index (χ1v) is 8.43. The van der Waals surface area contributed by atoms with Gasteiger partial charge in [-0.05, 0) is 67.6 Å². The van der Waals surface area contributed by atoms with Crippen molar-refractivity contribution in [2.45, 2.75) is 65.2 Å². The molecule has 0 N–H and O–H groups in total. The summed E-state index contributed by atoms with van der Waals surface area (Å²) in [5, 5.41) is 0. The second-order valence-electron chi connectivity index (χ2n) is 6.63. The SMILES string of the molecule is CCCCOc1ccc(C2CCC(C(C)C)CC2)cc1. The van der Waals surface area contributed by atoms with E-state index in [1.165, 1.54) is 37.7 Å². The molecule has 0 aliphatic heterocycles. The minimum absolute atomic E-state index is 0.773. The fourth-order valence-electron chi connectivity index (χ4n) is 3.29. The van der Waals surface area contributed by atoms with Gasteiger partial charge in [0.25, 0.3) is 0 Å². The molecule has 0 bridgehead atoms. The Labute approximate surface area is 124 Å². The van der Waals surface area contributed by atoms with Crippen molar-refractivity contribution < 1.29 is 4.74 Å². The lowest BCUT2D eigenvalue weighted by Crippen LogP contribution is -2.17. The third kappa shape index (κ3) is 4.26. The van der Waals surface area contributed by atoms with E-state index in [0.29, 0.717) is 0 Å². The summed E-state index contributed by atoms with van der Waals surface area (Å²) in [6.07, 6.45) is 7.85. The fourth-order valence-corrected chi connectivity index (χ4v) is 3.29. The van der Waals surface area contributed by atoms with Crippen molar-refractivity contribution >= 4 is 0 Å². The average Bonchev–Trinajstić information content (AvgIpc) is 2.48. The number of rotatable bonds is 6. The first kappa shape index (κ1) is 15.4. The quantitative estimate of drug-likeness (QED) is 0.596. The van der Waals surface area contributed by atoms with Gasteiger partial charge in [-0.25, -0.2) is 0 Å². The maximum Gasteiger partial charge on any atom is 0.119 e. The Morgan fingerprint density at radius 1 is 1.05 bits per heavy atom. The van der Waals surface area contributed by atoms with Crippen LogP contribution >= 0.6 is 0 Å². The highest BCUT2D eigenvalue weighted by Gasteiger charge is 2.24. The van der Waals surface area contributed by atoms with Crippen LogP contribution in [0, 0.1) is 11.8 Å². The molecule has 0 aromatic heterocycles. The Morgan fingerprint density at radius 2 is 1.70 bits per heavy atom. The summed E-state index contributed by atoms with van der Waals surface area (Å²) in [5.74, 6) is 3.60. The maximum absolute atomic E-state index is 5.74. The van der Waals surface area contributed by atoms with Crippen molar-refractivity contribution in [1.82, 2.24) is 0 Å². The van der Waals surface area contributed by atoms with Crippen molar-refractivity contribution in [2.75, 3.05) is 6.61 Å². The van der Waals surface area contributed by atoms with E-state index in [-0.39, 0.29) is 0 Å². The molecule has 1 saturated carbocycles. The van der Waals surface area contributed by atoms with E-state index in [4.69, 9.17) is 4.74 Å². The second kappa shape index (κ2) is 7.71. The molecule has 2 rings (SSSR count). The topological polar surface area (TPSA) is 9.23 Å². The molecule has 0 atom stereocenters. The predicted octanol–water partition coefficient (Wildman–Crippen LogP) is 5.80. The average molecular weight is 274 g/mol. The highest BCUT2D eigenvalue weighted by Crippen LogP contribution is 2.38. The zero-order valence-electron chi connectivity index (χ0n) is 13.4. The molecular weight excluding hydrogens is 244 g/mol. The van der Waals surface area contributed by atoms with Crippen molar-refractivity contribution in [3.63, 3.8) is 0 Å². The summed E-state index contributed by atoms with van der Waals surface area (Å²) in [6, 6.07) is 8.86. The molecule has 0 spiro atoms. The summed E-state index contributed by atoms with van der Waals surface area (Å²) < 4.78 is 5.74. The first-order valence-electron chi connectivity index (χ1n) is 8.43. The largest absolute Gasteiger partial charge is 0.494 e. The normalized spacial score (nSPS) is 23.0. The van der Waals surface area contributed by atoms with Gasteiger partial charge in [-0.1, -0.05) is 39.3 Å². The van der Waals surface area contributed by atoms with Crippen LogP contribution < -0.4 is 4.74 Å². The highest BCUT2D eigenvalue weighted by atomic mass is 16.5. The first-order chi connectivity index (χ1) is 9.70.